The number of carbonyl (C=O) groups excluding carboxylic acids is 2. The number of rotatable bonds is 0. The van der Waals surface area contributed by atoms with Gasteiger partial charge in [0, 0.05) is 18.1 Å². The molecular weight excluding hydrogens is 320 g/mol. The number of aromatic hydroxyl groups is 2. The number of hydrogen-bond donors (Lipinski definition) is 2. The lowest BCUT2D eigenvalue weighted by atomic mass is 10.00. The zero-order valence-corrected chi connectivity index (χ0v) is 13.2. The number of esters is 1. The number of ketones is 1. The maximum Gasteiger partial charge on any atom is 0.342 e. The molecule has 1 aromatic rings. The van der Waals surface area contributed by atoms with Crippen LogP contribution in [0.1, 0.15) is 35.2 Å². The summed E-state index contributed by atoms with van der Waals surface area (Å²) < 4.78 is 5.10. The fraction of sp³-hybridized carbons (Fsp3) is 0.294. The Bertz CT molecular complexity index is 676. The third-order valence-electron chi connectivity index (χ3n) is 3.36. The monoisotopic (exact) mass is 336 g/mol. The lowest BCUT2D eigenvalue weighted by Crippen LogP contribution is -2.12. The summed E-state index contributed by atoms with van der Waals surface area (Å²) in [5, 5.41) is 19.5. The number of benzene rings is 1. The maximum atomic E-state index is 12.2. The van der Waals surface area contributed by atoms with E-state index in [-0.39, 0.29) is 35.0 Å². The SMILES string of the molecule is O=C1C=CCCC=CCCOC(=O)c2c(O)cc(O)c(Cl)c2C1. The van der Waals surface area contributed by atoms with E-state index in [1.165, 1.54) is 6.08 Å². The summed E-state index contributed by atoms with van der Waals surface area (Å²) in [6.07, 6.45) is 8.84. The van der Waals surface area contributed by atoms with Gasteiger partial charge in [0.05, 0.1) is 11.6 Å². The van der Waals surface area contributed by atoms with E-state index in [1.807, 2.05) is 12.2 Å². The Hall–Kier alpha value is -2.27. The zero-order chi connectivity index (χ0) is 16.8. The van der Waals surface area contributed by atoms with E-state index in [4.69, 9.17) is 16.3 Å². The second kappa shape index (κ2) is 7.83. The molecule has 1 aromatic carbocycles. The van der Waals surface area contributed by atoms with Gasteiger partial charge in [-0.3, -0.25) is 4.79 Å². The van der Waals surface area contributed by atoms with Crippen molar-refractivity contribution >= 4 is 23.4 Å². The Morgan fingerprint density at radius 2 is 1.70 bits per heavy atom. The first-order chi connectivity index (χ1) is 11.0. The molecule has 122 valence electrons. The van der Waals surface area contributed by atoms with Crippen LogP contribution in [0.4, 0.5) is 0 Å². The van der Waals surface area contributed by atoms with Crippen molar-refractivity contribution in [3.8, 4) is 11.5 Å². The molecule has 0 saturated carbocycles. The van der Waals surface area contributed by atoms with Crippen molar-refractivity contribution in [2.75, 3.05) is 6.61 Å². The topological polar surface area (TPSA) is 83.8 Å². The highest BCUT2D eigenvalue weighted by atomic mass is 35.5. The maximum absolute atomic E-state index is 12.2. The van der Waals surface area contributed by atoms with Gasteiger partial charge in [-0.25, -0.2) is 4.79 Å². The molecule has 5 nitrogen and oxygen atoms in total. The van der Waals surface area contributed by atoms with E-state index in [2.05, 4.69) is 0 Å². The predicted molar refractivity (Wildman–Crippen MR) is 85.9 cm³/mol. The number of hydrogen-bond acceptors (Lipinski definition) is 5. The molecule has 6 heteroatoms. The molecule has 0 amide bonds. The van der Waals surface area contributed by atoms with Crippen LogP contribution in [0.25, 0.3) is 0 Å². The summed E-state index contributed by atoms with van der Waals surface area (Å²) in [6, 6.07) is 0.964. The third-order valence-corrected chi connectivity index (χ3v) is 3.79. The van der Waals surface area contributed by atoms with Crippen LogP contribution in [0.15, 0.2) is 30.4 Å². The molecule has 0 aliphatic carbocycles. The summed E-state index contributed by atoms with van der Waals surface area (Å²) in [7, 11) is 0. The average Bonchev–Trinajstić information content (AvgIpc) is 2.50. The summed E-state index contributed by atoms with van der Waals surface area (Å²) in [4.78, 5) is 24.2. The predicted octanol–water partition coefficient (Wildman–Crippen LogP) is 3.32. The van der Waals surface area contributed by atoms with Gasteiger partial charge in [0.1, 0.15) is 17.1 Å². The first kappa shape index (κ1) is 17.1. The van der Waals surface area contributed by atoms with Crippen LogP contribution in [0, 0.1) is 0 Å². The molecule has 1 aliphatic rings. The van der Waals surface area contributed by atoms with Crippen molar-refractivity contribution < 1.29 is 24.5 Å². The Balaban J connectivity index is 2.45. The number of fused-ring (bicyclic) bond motifs is 1. The molecular formula is C17H17ClO5. The summed E-state index contributed by atoms with van der Waals surface area (Å²) in [5.41, 5.74) is -0.119. The fourth-order valence-electron chi connectivity index (χ4n) is 2.25. The van der Waals surface area contributed by atoms with Crippen molar-refractivity contribution in [3.63, 3.8) is 0 Å². The molecule has 2 rings (SSSR count). The second-order valence-corrected chi connectivity index (χ2v) is 5.48. The molecule has 0 fully saturated rings. The van der Waals surface area contributed by atoms with E-state index in [0.717, 1.165) is 12.5 Å². The Morgan fingerprint density at radius 3 is 2.48 bits per heavy atom. The average molecular weight is 337 g/mol. The van der Waals surface area contributed by atoms with Gasteiger partial charge in [-0.15, -0.1) is 0 Å². The van der Waals surface area contributed by atoms with E-state index in [9.17, 15) is 19.8 Å². The fourth-order valence-corrected chi connectivity index (χ4v) is 2.46. The van der Waals surface area contributed by atoms with Crippen LogP contribution in [-0.2, 0) is 16.0 Å². The number of ether oxygens (including phenoxy) is 1. The van der Waals surface area contributed by atoms with Gasteiger partial charge in [-0.2, -0.15) is 0 Å². The molecule has 23 heavy (non-hydrogen) atoms. The summed E-state index contributed by atoms with van der Waals surface area (Å²) in [5.74, 6) is -1.92. The molecule has 0 atom stereocenters. The zero-order valence-electron chi connectivity index (χ0n) is 12.4. The van der Waals surface area contributed by atoms with Gasteiger partial charge in [-0.05, 0) is 25.3 Å². The Kier molecular flexibility index (Phi) is 5.82. The number of allylic oxidation sites excluding steroid dienone is 3. The van der Waals surface area contributed by atoms with Gasteiger partial charge >= 0.3 is 5.97 Å². The quantitative estimate of drug-likeness (QED) is 0.561. The number of cyclic esters (lactones) is 1. The largest absolute Gasteiger partial charge is 0.507 e. The Labute approximate surface area is 138 Å². The van der Waals surface area contributed by atoms with E-state index >= 15 is 0 Å². The van der Waals surface area contributed by atoms with Gasteiger partial charge in [0.25, 0.3) is 0 Å². The smallest absolute Gasteiger partial charge is 0.342 e. The van der Waals surface area contributed by atoms with Crippen LogP contribution in [0.5, 0.6) is 11.5 Å². The van der Waals surface area contributed by atoms with Gasteiger partial charge in [0.2, 0.25) is 0 Å². The molecule has 0 aromatic heterocycles. The van der Waals surface area contributed by atoms with Gasteiger partial charge < -0.3 is 14.9 Å². The summed E-state index contributed by atoms with van der Waals surface area (Å²) in [6.45, 7) is 0.149. The first-order valence-electron chi connectivity index (χ1n) is 7.25. The second-order valence-electron chi connectivity index (χ2n) is 5.10. The highest BCUT2D eigenvalue weighted by Crippen LogP contribution is 2.37. The van der Waals surface area contributed by atoms with Crippen molar-refractivity contribution in [3.05, 3.63) is 46.5 Å². The van der Waals surface area contributed by atoms with E-state index in [0.29, 0.717) is 12.8 Å². The van der Waals surface area contributed by atoms with Crippen molar-refractivity contribution in [2.24, 2.45) is 0 Å². The molecule has 1 aliphatic heterocycles. The summed E-state index contributed by atoms with van der Waals surface area (Å²) >= 11 is 6.01. The normalized spacial score (nSPS) is 16.6. The lowest BCUT2D eigenvalue weighted by molar-refractivity contribution is -0.114. The molecule has 0 saturated heterocycles. The lowest BCUT2D eigenvalue weighted by Gasteiger charge is -2.13. The highest BCUT2D eigenvalue weighted by molar-refractivity contribution is 6.33. The van der Waals surface area contributed by atoms with Crippen LogP contribution in [-0.4, -0.2) is 28.6 Å². The van der Waals surface area contributed by atoms with Crippen LogP contribution in [0.3, 0.4) is 0 Å². The standard InChI is InChI=1S/C17H17ClO5/c18-16-12-9-11(19)7-5-3-1-2-4-6-8-23-17(22)15(12)13(20)10-14(16)21/h2,4-5,7,10,20-21H,1,3,6,8-9H2. The number of halogens is 1. The molecule has 2 N–H and O–H groups in total. The molecule has 0 bridgehead atoms. The molecule has 0 spiro atoms. The van der Waals surface area contributed by atoms with Crippen LogP contribution < -0.4 is 0 Å². The number of carbonyl (C=O) groups is 2. The highest BCUT2D eigenvalue weighted by Gasteiger charge is 2.24. The van der Waals surface area contributed by atoms with Crippen molar-refractivity contribution in [2.45, 2.75) is 25.7 Å². The van der Waals surface area contributed by atoms with Gasteiger partial charge in [0.15, 0.2) is 5.78 Å². The number of phenols is 2. The Morgan fingerprint density at radius 1 is 1.00 bits per heavy atom. The van der Waals surface area contributed by atoms with Gasteiger partial charge in [-0.1, -0.05) is 29.8 Å². The number of phenolic OH excluding ortho intramolecular Hbond substituents is 2. The van der Waals surface area contributed by atoms with Crippen LogP contribution >= 0.6 is 11.6 Å². The first-order valence-corrected chi connectivity index (χ1v) is 7.63. The van der Waals surface area contributed by atoms with Crippen LogP contribution in [0.2, 0.25) is 5.02 Å². The van der Waals surface area contributed by atoms with E-state index in [1.54, 1.807) is 6.08 Å². The molecule has 1 heterocycles. The molecule has 0 unspecified atom stereocenters. The minimum Gasteiger partial charge on any atom is -0.507 e. The minimum absolute atomic E-state index is 0.0661. The van der Waals surface area contributed by atoms with Crippen molar-refractivity contribution in [1.29, 1.82) is 0 Å². The van der Waals surface area contributed by atoms with E-state index < -0.39 is 17.5 Å². The molecule has 0 radical (unpaired) electrons. The third kappa shape index (κ3) is 4.36. The van der Waals surface area contributed by atoms with Crippen molar-refractivity contribution in [1.82, 2.24) is 0 Å². The minimum atomic E-state index is -0.776.